The minimum Gasteiger partial charge on any atom is -0.465 e. The Labute approximate surface area is 261 Å². The molecule has 3 amide bonds. The first-order valence-corrected chi connectivity index (χ1v) is 16.3. The van der Waals surface area contributed by atoms with Crippen LogP contribution in [0.2, 0.25) is 0 Å². The van der Waals surface area contributed by atoms with Gasteiger partial charge in [0.15, 0.2) is 5.78 Å². The van der Waals surface area contributed by atoms with Gasteiger partial charge in [0.05, 0.1) is 36.9 Å². The second kappa shape index (κ2) is 14.5. The van der Waals surface area contributed by atoms with E-state index in [0.29, 0.717) is 70.2 Å². The van der Waals surface area contributed by atoms with Gasteiger partial charge in [-0.15, -0.1) is 0 Å². The Morgan fingerprint density at radius 3 is 2.45 bits per heavy atom. The Kier molecular flexibility index (Phi) is 11.2. The van der Waals surface area contributed by atoms with Crippen LogP contribution < -0.4 is 0 Å². The third-order valence-corrected chi connectivity index (χ3v) is 9.16. The number of Topliss-reactive ketones (excluding diaryl/α,β-unsaturated/α-hetero) is 1. The van der Waals surface area contributed by atoms with Crippen molar-refractivity contribution in [3.8, 4) is 0 Å². The Hall–Kier alpha value is -2.92. The summed E-state index contributed by atoms with van der Waals surface area (Å²) in [7, 11) is 1.66. The number of unbranched alkanes of at least 4 members (excludes halogenated alkanes) is 1. The van der Waals surface area contributed by atoms with Crippen LogP contribution in [-0.4, -0.2) is 113 Å². The van der Waals surface area contributed by atoms with Gasteiger partial charge in [0.1, 0.15) is 5.69 Å². The summed E-state index contributed by atoms with van der Waals surface area (Å²) < 4.78 is 12.6. The molecule has 11 heteroatoms. The maximum Gasteiger partial charge on any atom is 0.407 e. The van der Waals surface area contributed by atoms with Gasteiger partial charge >= 0.3 is 6.09 Å². The van der Waals surface area contributed by atoms with Gasteiger partial charge in [0.25, 0.3) is 5.91 Å². The number of fused-ring (bicyclic) bond motifs is 1. The van der Waals surface area contributed by atoms with Crippen molar-refractivity contribution < 1.29 is 33.8 Å². The van der Waals surface area contributed by atoms with E-state index in [1.54, 1.807) is 12.0 Å². The molecule has 1 unspecified atom stereocenters. The number of ether oxygens (including phenoxy) is 2. The van der Waals surface area contributed by atoms with E-state index in [1.165, 1.54) is 4.90 Å². The van der Waals surface area contributed by atoms with Crippen LogP contribution in [0.3, 0.4) is 0 Å². The fourth-order valence-electron chi connectivity index (χ4n) is 7.33. The average Bonchev–Trinajstić information content (AvgIpc) is 3.36. The lowest BCUT2D eigenvalue weighted by atomic mass is 9.74. The molecule has 3 aliphatic rings. The molecule has 2 aliphatic heterocycles. The molecule has 3 atom stereocenters. The summed E-state index contributed by atoms with van der Waals surface area (Å²) in [6, 6.07) is 0.825. The van der Waals surface area contributed by atoms with Crippen LogP contribution in [0.1, 0.15) is 93.3 Å². The third-order valence-electron chi connectivity index (χ3n) is 9.16. The summed E-state index contributed by atoms with van der Waals surface area (Å²) in [5.74, 6) is -0.723. The number of hydrogen-bond donors (Lipinski definition) is 1. The van der Waals surface area contributed by atoms with E-state index >= 15 is 0 Å². The number of ketones is 1. The molecule has 11 nitrogen and oxygen atoms in total. The van der Waals surface area contributed by atoms with Gasteiger partial charge in [0, 0.05) is 52.9 Å². The summed E-state index contributed by atoms with van der Waals surface area (Å²) in [5, 5.41) is 10.5. The molecule has 1 N–H and O–H groups in total. The van der Waals surface area contributed by atoms with E-state index in [4.69, 9.17) is 9.47 Å². The first-order chi connectivity index (χ1) is 20.8. The topological polar surface area (TPSA) is 122 Å². The van der Waals surface area contributed by atoms with Gasteiger partial charge < -0.3 is 33.8 Å². The molecule has 0 radical (unpaired) electrons. The summed E-state index contributed by atoms with van der Waals surface area (Å²) in [5.41, 5.74) is 1.50. The van der Waals surface area contributed by atoms with Crippen molar-refractivity contribution in [3.05, 3.63) is 23.0 Å². The van der Waals surface area contributed by atoms with Gasteiger partial charge in [-0.25, -0.2) is 4.79 Å². The lowest BCUT2D eigenvalue weighted by Gasteiger charge is -2.52. The van der Waals surface area contributed by atoms with E-state index in [-0.39, 0.29) is 30.1 Å². The lowest BCUT2D eigenvalue weighted by molar-refractivity contribution is -0.144. The molecule has 2 saturated heterocycles. The maximum absolute atomic E-state index is 14.8. The van der Waals surface area contributed by atoms with Crippen LogP contribution in [0.4, 0.5) is 4.79 Å². The molecule has 0 aromatic carbocycles. The Bertz CT molecular complexity index is 1200. The number of carboxylic acid groups (broad SMARTS) is 1. The number of nitrogens with zero attached hydrogens (tertiary/aromatic N) is 4. The zero-order valence-corrected chi connectivity index (χ0v) is 27.5. The predicted octanol–water partition coefficient (Wildman–Crippen LogP) is 4.17. The van der Waals surface area contributed by atoms with Crippen LogP contribution in [0.15, 0.2) is 6.07 Å². The summed E-state index contributed by atoms with van der Waals surface area (Å²) in [4.78, 5) is 59.6. The molecule has 3 heterocycles. The predicted molar refractivity (Wildman–Crippen MR) is 166 cm³/mol. The van der Waals surface area contributed by atoms with Crippen LogP contribution >= 0.6 is 0 Å². The van der Waals surface area contributed by atoms with Gasteiger partial charge in [-0.3, -0.25) is 14.4 Å². The largest absolute Gasteiger partial charge is 0.465 e. The van der Waals surface area contributed by atoms with E-state index in [2.05, 4.69) is 0 Å². The molecule has 2 fully saturated rings. The number of hydrogen-bond acceptors (Lipinski definition) is 6. The number of aromatic nitrogens is 1. The molecular weight excluding hydrogens is 564 g/mol. The van der Waals surface area contributed by atoms with E-state index in [0.717, 1.165) is 31.2 Å². The van der Waals surface area contributed by atoms with Gasteiger partial charge in [-0.05, 0) is 55.1 Å². The zero-order valence-electron chi connectivity index (χ0n) is 27.5. The van der Waals surface area contributed by atoms with Crippen molar-refractivity contribution in [2.45, 2.75) is 91.8 Å². The quantitative estimate of drug-likeness (QED) is 0.392. The number of aryl methyl sites for hydroxylation is 1. The third kappa shape index (κ3) is 7.47. The number of carbonyl (C=O) groups excluding carboxylic acids is 3. The first kappa shape index (κ1) is 34.0. The SMILES string of the molecule is COCCCCn1c(C(=O)N(CC(C)C)[C@H]2C[C@@H](C(=O)N3CCOCC3)CN(C(=O)O)C2C(C)(C)C)cc2c1C(=O)CCC2. The van der Waals surface area contributed by atoms with Crippen molar-refractivity contribution in [1.82, 2.24) is 19.3 Å². The fraction of sp³-hybridized carbons (Fsp3) is 0.758. The maximum atomic E-state index is 14.8. The summed E-state index contributed by atoms with van der Waals surface area (Å²) in [6.45, 7) is 13.5. The van der Waals surface area contributed by atoms with Crippen molar-refractivity contribution in [2.75, 3.05) is 53.1 Å². The highest BCUT2D eigenvalue weighted by Gasteiger charge is 2.50. The molecule has 1 aliphatic carbocycles. The van der Waals surface area contributed by atoms with Crippen molar-refractivity contribution in [2.24, 2.45) is 17.3 Å². The smallest absolute Gasteiger partial charge is 0.407 e. The molecule has 44 heavy (non-hydrogen) atoms. The van der Waals surface area contributed by atoms with E-state index in [9.17, 15) is 24.3 Å². The molecule has 0 bridgehead atoms. The number of rotatable bonds is 10. The van der Waals surface area contributed by atoms with Crippen molar-refractivity contribution >= 4 is 23.7 Å². The average molecular weight is 617 g/mol. The Balaban J connectivity index is 1.78. The number of likely N-dealkylation sites (tertiary alicyclic amines) is 1. The number of piperidine rings is 1. The molecule has 4 rings (SSSR count). The van der Waals surface area contributed by atoms with Gasteiger partial charge in [0.2, 0.25) is 5.91 Å². The van der Waals surface area contributed by atoms with Crippen molar-refractivity contribution in [1.29, 1.82) is 0 Å². The standard InChI is InChI=1S/C33H52N4O7/c1-22(2)20-36(31(40)26-18-23-10-9-11-27(38)28(23)35(26)12-7-8-15-43-6)25-19-24(30(39)34-13-16-44-17-14-34)21-37(32(41)42)29(25)33(3,4)5/h18,22,24-25,29H,7-17,19-21H2,1-6H3,(H,41,42)/t24-,25+,29?/m1/s1. The van der Waals surface area contributed by atoms with Gasteiger partial charge in [-0.2, -0.15) is 0 Å². The number of methoxy groups -OCH3 is 1. The molecule has 1 aromatic rings. The van der Waals surface area contributed by atoms with Gasteiger partial charge in [-0.1, -0.05) is 34.6 Å². The highest BCUT2D eigenvalue weighted by atomic mass is 16.5. The minimum absolute atomic E-state index is 0.0610. The second-order valence-corrected chi connectivity index (χ2v) is 14.1. The number of carbonyl (C=O) groups is 4. The zero-order chi connectivity index (χ0) is 32.2. The van der Waals surface area contributed by atoms with Crippen LogP contribution in [0, 0.1) is 17.3 Å². The van der Waals surface area contributed by atoms with E-state index < -0.39 is 29.5 Å². The van der Waals surface area contributed by atoms with Crippen LogP contribution in [0.25, 0.3) is 0 Å². The highest BCUT2D eigenvalue weighted by molar-refractivity contribution is 6.01. The normalized spacial score (nSPS) is 22.7. The molecular formula is C33H52N4O7. The number of morpholine rings is 1. The van der Waals surface area contributed by atoms with Crippen molar-refractivity contribution in [3.63, 3.8) is 0 Å². The van der Waals surface area contributed by atoms with Crippen LogP contribution in [-0.2, 0) is 27.2 Å². The highest BCUT2D eigenvalue weighted by Crippen LogP contribution is 2.39. The van der Waals surface area contributed by atoms with E-state index in [1.807, 2.05) is 50.2 Å². The number of amides is 3. The Morgan fingerprint density at radius 2 is 1.84 bits per heavy atom. The lowest BCUT2D eigenvalue weighted by Crippen LogP contribution is -2.66. The summed E-state index contributed by atoms with van der Waals surface area (Å²) in [6.07, 6.45) is 2.80. The first-order valence-electron chi connectivity index (χ1n) is 16.3. The van der Waals surface area contributed by atoms with Crippen LogP contribution in [0.5, 0.6) is 0 Å². The molecule has 0 spiro atoms. The minimum atomic E-state index is -1.09. The molecule has 0 saturated carbocycles. The molecule has 246 valence electrons. The fourth-order valence-corrected chi connectivity index (χ4v) is 7.33. The summed E-state index contributed by atoms with van der Waals surface area (Å²) >= 11 is 0. The Morgan fingerprint density at radius 1 is 1.14 bits per heavy atom. The second-order valence-electron chi connectivity index (χ2n) is 14.1. The monoisotopic (exact) mass is 616 g/mol. The molecule has 1 aromatic heterocycles.